The normalized spacial score (nSPS) is 46.2. The number of fused-ring (bicyclic) bond motifs is 5. The highest BCUT2D eigenvalue weighted by Gasteiger charge is 2.60. The van der Waals surface area contributed by atoms with Crippen LogP contribution in [-0.4, -0.2) is 28.1 Å². The number of carbonyl (C=O) groups excluding carboxylic acids is 1. The molecule has 0 unspecified atom stereocenters. The third-order valence-corrected chi connectivity index (χ3v) is 9.47. The number of carbonyl (C=O) groups is 2. The molecule has 0 heterocycles. The van der Waals surface area contributed by atoms with E-state index in [0.29, 0.717) is 35.9 Å². The minimum absolute atomic E-state index is 0.0755. The molecule has 0 aromatic heterocycles. The van der Waals surface area contributed by atoms with Crippen LogP contribution < -0.4 is 0 Å². The van der Waals surface area contributed by atoms with Crippen LogP contribution in [0.5, 0.6) is 0 Å². The maximum atomic E-state index is 13.5. The van der Waals surface area contributed by atoms with E-state index in [9.17, 15) is 14.7 Å². The monoisotopic (exact) mass is 388 g/mol. The van der Waals surface area contributed by atoms with Crippen LogP contribution in [0.1, 0.15) is 78.6 Å². The average Bonchev–Trinajstić information content (AvgIpc) is 3.00. The third-order valence-electron chi connectivity index (χ3n) is 9.47. The maximum absolute atomic E-state index is 13.5. The van der Waals surface area contributed by atoms with E-state index in [0.717, 1.165) is 44.9 Å². The fourth-order valence-electron chi connectivity index (χ4n) is 7.79. The fourth-order valence-corrected chi connectivity index (χ4v) is 7.79. The largest absolute Gasteiger partial charge is 0.481 e. The topological polar surface area (TPSA) is 74.6 Å². The molecule has 0 amide bonds. The summed E-state index contributed by atoms with van der Waals surface area (Å²) >= 11 is 0. The van der Waals surface area contributed by atoms with E-state index in [1.54, 1.807) is 0 Å². The van der Waals surface area contributed by atoms with E-state index in [1.165, 1.54) is 5.57 Å². The predicted molar refractivity (Wildman–Crippen MR) is 108 cm³/mol. The van der Waals surface area contributed by atoms with Gasteiger partial charge in [0.1, 0.15) is 0 Å². The Kier molecular flexibility index (Phi) is 5.01. The SMILES string of the molecule is C[C@H](CCC(=O)O)[C@@H]1CC[C@@H]2[C@@H]3CC[C@@H]4C[C@H](O)CC[C@]4(C)C3=CC(=O)[C@]21C. The Morgan fingerprint density at radius 3 is 2.68 bits per heavy atom. The molecule has 0 aromatic carbocycles. The summed E-state index contributed by atoms with van der Waals surface area (Å²) in [5.41, 5.74) is 1.14. The van der Waals surface area contributed by atoms with Gasteiger partial charge in [0.05, 0.1) is 6.10 Å². The molecule has 4 aliphatic rings. The molecule has 0 bridgehead atoms. The van der Waals surface area contributed by atoms with E-state index in [4.69, 9.17) is 5.11 Å². The molecule has 0 aliphatic heterocycles. The summed E-state index contributed by atoms with van der Waals surface area (Å²) in [4.78, 5) is 24.6. The molecule has 0 spiro atoms. The van der Waals surface area contributed by atoms with Crippen molar-refractivity contribution in [2.24, 2.45) is 40.4 Å². The second-order valence-electron chi connectivity index (χ2n) is 10.7. The zero-order chi connectivity index (χ0) is 20.3. The van der Waals surface area contributed by atoms with E-state index >= 15 is 0 Å². The van der Waals surface area contributed by atoms with Gasteiger partial charge in [-0.05, 0) is 92.4 Å². The molecule has 4 rings (SSSR count). The van der Waals surface area contributed by atoms with Gasteiger partial charge in [0.2, 0.25) is 0 Å². The van der Waals surface area contributed by atoms with Crippen LogP contribution in [0.25, 0.3) is 0 Å². The van der Waals surface area contributed by atoms with Gasteiger partial charge < -0.3 is 10.2 Å². The number of carboxylic acids is 1. The van der Waals surface area contributed by atoms with Gasteiger partial charge in [-0.3, -0.25) is 9.59 Å². The van der Waals surface area contributed by atoms with Crippen molar-refractivity contribution < 1.29 is 19.8 Å². The molecule has 8 atom stereocenters. The number of rotatable bonds is 4. The highest BCUT2D eigenvalue weighted by Crippen LogP contribution is 2.65. The molecule has 156 valence electrons. The van der Waals surface area contributed by atoms with Crippen LogP contribution in [0, 0.1) is 40.4 Å². The lowest BCUT2D eigenvalue weighted by atomic mass is 9.48. The number of aliphatic hydroxyl groups is 1. The van der Waals surface area contributed by atoms with Gasteiger partial charge >= 0.3 is 5.97 Å². The van der Waals surface area contributed by atoms with Crippen LogP contribution >= 0.6 is 0 Å². The average molecular weight is 389 g/mol. The summed E-state index contributed by atoms with van der Waals surface area (Å²) in [6, 6.07) is 0. The first-order chi connectivity index (χ1) is 13.2. The Morgan fingerprint density at radius 1 is 1.21 bits per heavy atom. The first kappa shape index (κ1) is 20.1. The second-order valence-corrected chi connectivity index (χ2v) is 10.7. The maximum Gasteiger partial charge on any atom is 0.303 e. The van der Waals surface area contributed by atoms with Crippen LogP contribution in [-0.2, 0) is 9.59 Å². The Labute approximate surface area is 168 Å². The Hall–Kier alpha value is -1.16. The molecule has 4 nitrogen and oxygen atoms in total. The summed E-state index contributed by atoms with van der Waals surface area (Å²) in [6.07, 6.45) is 9.87. The minimum atomic E-state index is -0.741. The molecule has 0 saturated heterocycles. The van der Waals surface area contributed by atoms with Gasteiger partial charge in [-0.15, -0.1) is 0 Å². The van der Waals surface area contributed by atoms with Crippen molar-refractivity contribution in [3.05, 3.63) is 11.6 Å². The van der Waals surface area contributed by atoms with Gasteiger partial charge in [0.15, 0.2) is 5.78 Å². The quantitative estimate of drug-likeness (QED) is 0.738. The van der Waals surface area contributed by atoms with Crippen molar-refractivity contribution in [2.75, 3.05) is 0 Å². The molecule has 0 aromatic rings. The van der Waals surface area contributed by atoms with E-state index in [1.807, 2.05) is 6.08 Å². The molecule has 0 radical (unpaired) electrons. The molecule has 4 aliphatic carbocycles. The number of ketones is 1. The molecule has 4 heteroatoms. The van der Waals surface area contributed by atoms with E-state index < -0.39 is 5.97 Å². The van der Waals surface area contributed by atoms with Gasteiger partial charge in [0.25, 0.3) is 0 Å². The number of aliphatic carboxylic acids is 1. The van der Waals surface area contributed by atoms with Crippen LogP contribution in [0.15, 0.2) is 11.6 Å². The Bertz CT molecular complexity index is 697. The minimum Gasteiger partial charge on any atom is -0.481 e. The third kappa shape index (κ3) is 2.89. The number of hydrogen-bond donors (Lipinski definition) is 2. The summed E-state index contributed by atoms with van der Waals surface area (Å²) in [5.74, 6) is 1.51. The van der Waals surface area contributed by atoms with E-state index in [2.05, 4.69) is 20.8 Å². The second kappa shape index (κ2) is 6.97. The highest BCUT2D eigenvalue weighted by atomic mass is 16.4. The van der Waals surface area contributed by atoms with Gasteiger partial charge in [-0.1, -0.05) is 26.3 Å². The molecular weight excluding hydrogens is 352 g/mol. The Morgan fingerprint density at radius 2 is 1.96 bits per heavy atom. The number of allylic oxidation sites excluding steroid dienone is 2. The van der Waals surface area contributed by atoms with Crippen molar-refractivity contribution in [2.45, 2.75) is 84.7 Å². The molecule has 28 heavy (non-hydrogen) atoms. The number of aliphatic hydroxyl groups excluding tert-OH is 1. The summed E-state index contributed by atoms with van der Waals surface area (Å²) < 4.78 is 0. The lowest BCUT2D eigenvalue weighted by molar-refractivity contribution is -0.137. The summed E-state index contributed by atoms with van der Waals surface area (Å²) in [6.45, 7) is 6.68. The van der Waals surface area contributed by atoms with Crippen LogP contribution in [0.3, 0.4) is 0 Å². The zero-order valence-electron chi connectivity index (χ0n) is 17.6. The number of hydrogen-bond acceptors (Lipinski definition) is 3. The van der Waals surface area contributed by atoms with Crippen molar-refractivity contribution in [3.63, 3.8) is 0 Å². The number of carboxylic acid groups (broad SMARTS) is 1. The van der Waals surface area contributed by atoms with Crippen molar-refractivity contribution in [1.82, 2.24) is 0 Å². The van der Waals surface area contributed by atoms with Crippen LogP contribution in [0.2, 0.25) is 0 Å². The van der Waals surface area contributed by atoms with Crippen LogP contribution in [0.4, 0.5) is 0 Å². The standard InChI is InChI=1S/C24H36O4/c1-14(4-9-22(27)28)18-7-8-19-17-6-5-15-12-16(25)10-11-23(15,2)20(17)13-21(26)24(18,19)3/h13-19,25H,4-12H2,1-3H3,(H,27,28)/t14-,15-,16-,17+,18+,19-,23+,24+/m1/s1. The van der Waals surface area contributed by atoms with Crippen molar-refractivity contribution >= 4 is 11.8 Å². The summed E-state index contributed by atoms with van der Waals surface area (Å²) in [5, 5.41) is 19.2. The van der Waals surface area contributed by atoms with Gasteiger partial charge in [-0.2, -0.15) is 0 Å². The highest BCUT2D eigenvalue weighted by molar-refractivity contribution is 5.97. The molecule has 3 saturated carbocycles. The first-order valence-electron chi connectivity index (χ1n) is 11.3. The van der Waals surface area contributed by atoms with Crippen molar-refractivity contribution in [3.8, 4) is 0 Å². The molecule has 3 fully saturated rings. The molecule has 2 N–H and O–H groups in total. The van der Waals surface area contributed by atoms with Gasteiger partial charge in [-0.25, -0.2) is 0 Å². The fraction of sp³-hybridized carbons (Fsp3) is 0.833. The zero-order valence-corrected chi connectivity index (χ0v) is 17.6. The predicted octanol–water partition coefficient (Wildman–Crippen LogP) is 4.61. The van der Waals surface area contributed by atoms with Crippen molar-refractivity contribution in [1.29, 1.82) is 0 Å². The lowest BCUT2D eigenvalue weighted by Gasteiger charge is -2.56. The Balaban J connectivity index is 1.63. The smallest absolute Gasteiger partial charge is 0.303 e. The molecular formula is C24H36O4. The first-order valence-corrected chi connectivity index (χ1v) is 11.3. The summed E-state index contributed by atoms with van der Waals surface area (Å²) in [7, 11) is 0. The van der Waals surface area contributed by atoms with E-state index in [-0.39, 0.29) is 29.3 Å². The lowest BCUT2D eigenvalue weighted by Crippen LogP contribution is -2.52. The van der Waals surface area contributed by atoms with Gasteiger partial charge in [0, 0.05) is 11.8 Å².